The number of nitrogens with zero attached hydrogens (tertiary/aromatic N) is 3. The highest BCUT2D eigenvalue weighted by Gasteiger charge is 2.28. The number of hydrogen-bond acceptors (Lipinski definition) is 6. The van der Waals surface area contributed by atoms with Crippen LogP contribution in [-0.2, 0) is 24.9 Å². The van der Waals surface area contributed by atoms with Crippen LogP contribution in [0.1, 0.15) is 29.7 Å². The zero-order valence-corrected chi connectivity index (χ0v) is 21.5. The predicted molar refractivity (Wildman–Crippen MR) is 142 cm³/mol. The minimum absolute atomic E-state index is 0.243. The van der Waals surface area contributed by atoms with Crippen molar-refractivity contribution in [3.8, 4) is 22.9 Å². The molecule has 1 aliphatic rings. The summed E-state index contributed by atoms with van der Waals surface area (Å²) in [5, 5.41) is 15.7. The van der Waals surface area contributed by atoms with E-state index in [-0.39, 0.29) is 6.61 Å². The Morgan fingerprint density at radius 2 is 1.95 bits per heavy atom. The summed E-state index contributed by atoms with van der Waals surface area (Å²) in [4.78, 5) is 2.31. The third kappa shape index (κ3) is 6.89. The highest BCUT2D eigenvalue weighted by atomic mass is 16.5. The fourth-order valence-electron chi connectivity index (χ4n) is 4.57. The molecule has 1 aliphatic carbocycles. The molecule has 0 saturated heterocycles. The summed E-state index contributed by atoms with van der Waals surface area (Å²) in [5.74, 6) is 2.91. The number of rotatable bonds is 13. The molecule has 2 heterocycles. The largest absolute Gasteiger partial charge is 0.467 e. The van der Waals surface area contributed by atoms with Crippen LogP contribution in [0.4, 0.5) is 0 Å². The monoisotopic (exact) mass is 501 g/mol. The molecule has 1 fully saturated rings. The highest BCUT2D eigenvalue weighted by Crippen LogP contribution is 2.36. The minimum atomic E-state index is -0.619. The molecular formula is C30H35N3O4. The van der Waals surface area contributed by atoms with Gasteiger partial charge in [0.2, 0.25) is 5.88 Å². The number of aryl methyl sites for hydroxylation is 2. The van der Waals surface area contributed by atoms with E-state index in [1.54, 1.807) is 6.26 Å². The first-order valence-corrected chi connectivity index (χ1v) is 12.9. The van der Waals surface area contributed by atoms with Crippen LogP contribution in [0.25, 0.3) is 11.3 Å². The molecule has 7 nitrogen and oxygen atoms in total. The van der Waals surface area contributed by atoms with Crippen molar-refractivity contribution >= 4 is 0 Å². The summed E-state index contributed by atoms with van der Waals surface area (Å²) in [7, 11) is 1.92. The maximum Gasteiger partial charge on any atom is 0.222 e. The van der Waals surface area contributed by atoms with Gasteiger partial charge >= 0.3 is 0 Å². The predicted octanol–water partition coefficient (Wildman–Crippen LogP) is 5.57. The lowest BCUT2D eigenvalue weighted by molar-refractivity contribution is 0.00311. The number of aliphatic hydroxyl groups excluding tert-OH is 1. The summed E-state index contributed by atoms with van der Waals surface area (Å²) in [6, 6.07) is 22.0. The van der Waals surface area contributed by atoms with E-state index >= 15 is 0 Å². The first-order valence-electron chi connectivity index (χ1n) is 12.9. The third-order valence-electron chi connectivity index (χ3n) is 6.54. The van der Waals surface area contributed by atoms with Gasteiger partial charge in [0.05, 0.1) is 24.5 Å². The Balaban J connectivity index is 1.37. The molecule has 0 aliphatic heterocycles. The average molecular weight is 502 g/mol. The summed E-state index contributed by atoms with van der Waals surface area (Å²) >= 11 is 0. The zero-order chi connectivity index (χ0) is 25.6. The van der Waals surface area contributed by atoms with E-state index in [2.05, 4.69) is 30.0 Å². The molecule has 1 saturated carbocycles. The molecule has 2 aromatic heterocycles. The fourth-order valence-corrected chi connectivity index (χ4v) is 4.57. The number of benzene rings is 2. The molecule has 7 heteroatoms. The van der Waals surface area contributed by atoms with E-state index < -0.39 is 6.10 Å². The van der Waals surface area contributed by atoms with E-state index in [1.165, 1.54) is 12.8 Å². The molecule has 194 valence electrons. The maximum absolute atomic E-state index is 10.8. The van der Waals surface area contributed by atoms with Crippen LogP contribution in [0.5, 0.6) is 11.6 Å². The second kappa shape index (κ2) is 11.8. The summed E-state index contributed by atoms with van der Waals surface area (Å²) < 4.78 is 19.3. The zero-order valence-electron chi connectivity index (χ0n) is 21.5. The van der Waals surface area contributed by atoms with Gasteiger partial charge in [-0.05, 0) is 55.5 Å². The molecular weight excluding hydrogens is 466 g/mol. The van der Waals surface area contributed by atoms with Crippen molar-refractivity contribution in [3.63, 3.8) is 0 Å². The second-order valence-electron chi connectivity index (χ2n) is 9.93. The smallest absolute Gasteiger partial charge is 0.222 e. The lowest BCUT2D eigenvalue weighted by Gasteiger charge is -2.25. The molecule has 0 unspecified atom stereocenters. The van der Waals surface area contributed by atoms with Gasteiger partial charge < -0.3 is 19.0 Å². The standard InChI is InChI=1S/C30H35N3O4/c1-22-8-6-11-26(16-22)37-30-28(29(31-32(30)2)24-9-4-3-5-10-24)19-33(17-23-13-14-23)18-25(34)20-35-21-27-12-7-15-36-27/h3-12,15-16,23,25,34H,13-14,17-21H2,1-2H3/t25-/m1/s1. The van der Waals surface area contributed by atoms with Crippen molar-refractivity contribution in [1.29, 1.82) is 0 Å². The Hall–Kier alpha value is -3.39. The van der Waals surface area contributed by atoms with Crippen LogP contribution in [0.2, 0.25) is 0 Å². The van der Waals surface area contributed by atoms with Crippen LogP contribution in [0, 0.1) is 12.8 Å². The van der Waals surface area contributed by atoms with Crippen molar-refractivity contribution in [2.75, 3.05) is 19.7 Å². The normalized spacial score (nSPS) is 14.3. The first-order chi connectivity index (χ1) is 18.0. The van der Waals surface area contributed by atoms with Gasteiger partial charge in [-0.25, -0.2) is 4.68 Å². The molecule has 1 atom stereocenters. The highest BCUT2D eigenvalue weighted by molar-refractivity contribution is 5.65. The van der Waals surface area contributed by atoms with E-state index in [0.29, 0.717) is 31.5 Å². The molecule has 1 N–H and O–H groups in total. The average Bonchev–Trinajstić information content (AvgIpc) is 3.45. The Labute approximate surface area is 218 Å². The molecule has 0 spiro atoms. The number of hydrogen-bond donors (Lipinski definition) is 1. The third-order valence-corrected chi connectivity index (χ3v) is 6.54. The summed E-state index contributed by atoms with van der Waals surface area (Å²) in [6.45, 7) is 4.68. The van der Waals surface area contributed by atoms with Crippen molar-refractivity contribution in [3.05, 3.63) is 89.9 Å². The molecule has 4 aromatic rings. The first kappa shape index (κ1) is 25.3. The van der Waals surface area contributed by atoms with Crippen molar-refractivity contribution < 1.29 is 19.0 Å². The van der Waals surface area contributed by atoms with Gasteiger partial charge in [-0.3, -0.25) is 4.90 Å². The van der Waals surface area contributed by atoms with Crippen LogP contribution in [0.15, 0.2) is 77.4 Å². The van der Waals surface area contributed by atoms with Crippen LogP contribution < -0.4 is 4.74 Å². The van der Waals surface area contributed by atoms with E-state index in [9.17, 15) is 5.11 Å². The molecule has 0 radical (unpaired) electrons. The Morgan fingerprint density at radius 1 is 1.11 bits per heavy atom. The van der Waals surface area contributed by atoms with E-state index in [1.807, 2.05) is 60.3 Å². The lowest BCUT2D eigenvalue weighted by atomic mass is 10.1. The molecule has 37 heavy (non-hydrogen) atoms. The van der Waals surface area contributed by atoms with Gasteiger partial charge in [0, 0.05) is 32.2 Å². The maximum atomic E-state index is 10.8. The van der Waals surface area contributed by atoms with Crippen LogP contribution in [-0.4, -0.2) is 45.6 Å². The van der Waals surface area contributed by atoms with Crippen LogP contribution in [0.3, 0.4) is 0 Å². The van der Waals surface area contributed by atoms with Gasteiger partial charge in [-0.1, -0.05) is 42.5 Å². The van der Waals surface area contributed by atoms with E-state index in [0.717, 1.165) is 40.4 Å². The molecule has 0 amide bonds. The van der Waals surface area contributed by atoms with Gasteiger partial charge in [0.15, 0.2) is 0 Å². The number of ether oxygens (including phenoxy) is 2. The van der Waals surface area contributed by atoms with Crippen molar-refractivity contribution in [2.45, 2.75) is 39.0 Å². The minimum Gasteiger partial charge on any atom is -0.467 e. The molecule has 0 bridgehead atoms. The number of furan rings is 1. The van der Waals surface area contributed by atoms with Crippen LogP contribution >= 0.6 is 0 Å². The Morgan fingerprint density at radius 3 is 2.68 bits per heavy atom. The fraction of sp³-hybridized carbons (Fsp3) is 0.367. The van der Waals surface area contributed by atoms with Gasteiger partial charge in [-0.2, -0.15) is 5.10 Å². The molecule has 5 rings (SSSR count). The second-order valence-corrected chi connectivity index (χ2v) is 9.93. The van der Waals surface area contributed by atoms with E-state index in [4.69, 9.17) is 19.0 Å². The van der Waals surface area contributed by atoms with Crippen molar-refractivity contribution in [2.24, 2.45) is 13.0 Å². The topological polar surface area (TPSA) is 72.9 Å². The summed E-state index contributed by atoms with van der Waals surface area (Å²) in [5.41, 5.74) is 4.09. The Kier molecular flexibility index (Phi) is 8.04. The van der Waals surface area contributed by atoms with Gasteiger partial charge in [-0.15, -0.1) is 0 Å². The number of aliphatic hydroxyl groups is 1. The number of aromatic nitrogens is 2. The van der Waals surface area contributed by atoms with Crippen molar-refractivity contribution in [1.82, 2.24) is 14.7 Å². The lowest BCUT2D eigenvalue weighted by Crippen LogP contribution is -2.36. The van der Waals surface area contributed by atoms with Gasteiger partial charge in [0.1, 0.15) is 23.8 Å². The SMILES string of the molecule is Cc1cccc(Oc2c(CN(CC3CC3)C[C@@H](O)COCc3ccco3)c(-c3ccccc3)nn2C)c1. The summed E-state index contributed by atoms with van der Waals surface area (Å²) in [6.07, 6.45) is 3.47. The Bertz CT molecular complexity index is 1270. The molecule has 2 aromatic carbocycles. The van der Waals surface area contributed by atoms with Gasteiger partial charge in [0.25, 0.3) is 0 Å². The quantitative estimate of drug-likeness (QED) is 0.258.